The lowest BCUT2D eigenvalue weighted by atomic mass is 9.98. The Morgan fingerprint density at radius 3 is 2.33 bits per heavy atom. The number of nitrogens with one attached hydrogen (secondary N) is 2. The molecule has 4 rings (SSSR count). The Morgan fingerprint density at radius 2 is 1.73 bits per heavy atom. The molecule has 1 aliphatic rings. The van der Waals surface area contributed by atoms with Crippen LogP contribution in [0.15, 0.2) is 54.7 Å². The number of carboxylic acid groups (broad SMARTS) is 1. The standard InChI is InChI=1S/C24H23N3O5S/c1-14(10-21(28)25-12-22-26-11-20(33-22)23(29)30)27-24(31)32-13-19-17-8-4-2-6-15(17)16-7-3-5-9-18(16)19/h2-9,11,14,19H,10,12-13H2,1H3,(H,25,28)(H,27,31)(H,29,30)/t14-/m1/s1. The van der Waals surface area contributed by atoms with Gasteiger partial charge >= 0.3 is 12.1 Å². The molecule has 9 heteroatoms. The number of fused-ring (bicyclic) bond motifs is 3. The number of rotatable bonds is 8. The van der Waals surface area contributed by atoms with Crippen LogP contribution in [0.25, 0.3) is 11.1 Å². The van der Waals surface area contributed by atoms with E-state index in [0.29, 0.717) is 5.01 Å². The van der Waals surface area contributed by atoms with E-state index >= 15 is 0 Å². The van der Waals surface area contributed by atoms with E-state index in [9.17, 15) is 14.4 Å². The second kappa shape index (κ2) is 9.83. The molecule has 0 unspecified atom stereocenters. The van der Waals surface area contributed by atoms with E-state index in [-0.39, 0.29) is 36.3 Å². The van der Waals surface area contributed by atoms with Gasteiger partial charge in [0.05, 0.1) is 12.7 Å². The van der Waals surface area contributed by atoms with Crippen LogP contribution < -0.4 is 10.6 Å². The van der Waals surface area contributed by atoms with Crippen molar-refractivity contribution in [2.45, 2.75) is 31.8 Å². The predicted octanol–water partition coefficient (Wildman–Crippen LogP) is 3.77. The molecule has 3 N–H and O–H groups in total. The molecule has 1 atom stereocenters. The summed E-state index contributed by atoms with van der Waals surface area (Å²) >= 11 is 1.01. The summed E-state index contributed by atoms with van der Waals surface area (Å²) in [5, 5.41) is 14.8. The van der Waals surface area contributed by atoms with Gasteiger partial charge in [0.15, 0.2) is 0 Å². The maximum Gasteiger partial charge on any atom is 0.407 e. The lowest BCUT2D eigenvalue weighted by Gasteiger charge is -2.17. The van der Waals surface area contributed by atoms with Crippen molar-refractivity contribution >= 4 is 29.3 Å². The molecule has 0 radical (unpaired) electrons. The fraction of sp³-hybridized carbons (Fsp3) is 0.250. The molecule has 33 heavy (non-hydrogen) atoms. The van der Waals surface area contributed by atoms with Gasteiger partial charge in [0, 0.05) is 18.4 Å². The summed E-state index contributed by atoms with van der Waals surface area (Å²) in [5.41, 5.74) is 4.57. The van der Waals surface area contributed by atoms with Crippen LogP contribution in [0.4, 0.5) is 4.79 Å². The van der Waals surface area contributed by atoms with Gasteiger partial charge in [0.25, 0.3) is 0 Å². The fourth-order valence-corrected chi connectivity index (χ4v) is 4.60. The van der Waals surface area contributed by atoms with Gasteiger partial charge in [-0.05, 0) is 29.2 Å². The summed E-state index contributed by atoms with van der Waals surface area (Å²) in [6, 6.07) is 15.8. The van der Waals surface area contributed by atoms with Crippen LogP contribution in [0, 0.1) is 0 Å². The van der Waals surface area contributed by atoms with Crippen LogP contribution in [0.3, 0.4) is 0 Å². The second-order valence-electron chi connectivity index (χ2n) is 7.78. The van der Waals surface area contributed by atoms with Gasteiger partial charge in [-0.3, -0.25) is 4.79 Å². The lowest BCUT2D eigenvalue weighted by Crippen LogP contribution is -2.37. The number of carbonyl (C=O) groups is 3. The molecule has 3 aromatic rings. The minimum absolute atomic E-state index is 0.0317. The van der Waals surface area contributed by atoms with E-state index in [1.54, 1.807) is 6.92 Å². The van der Waals surface area contributed by atoms with Crippen molar-refractivity contribution in [3.8, 4) is 11.1 Å². The summed E-state index contributed by atoms with van der Waals surface area (Å²) < 4.78 is 5.50. The van der Waals surface area contributed by atoms with Gasteiger partial charge in [-0.2, -0.15) is 0 Å². The highest BCUT2D eigenvalue weighted by Crippen LogP contribution is 2.44. The molecule has 0 bridgehead atoms. The van der Waals surface area contributed by atoms with Crippen molar-refractivity contribution < 1.29 is 24.2 Å². The van der Waals surface area contributed by atoms with Gasteiger partial charge in [-0.15, -0.1) is 11.3 Å². The van der Waals surface area contributed by atoms with Gasteiger partial charge in [-0.1, -0.05) is 48.5 Å². The molecule has 1 aliphatic carbocycles. The van der Waals surface area contributed by atoms with E-state index in [4.69, 9.17) is 9.84 Å². The Hall–Kier alpha value is -3.72. The van der Waals surface area contributed by atoms with Crippen molar-refractivity contribution in [2.75, 3.05) is 6.61 Å². The smallest absolute Gasteiger partial charge is 0.407 e. The quantitative estimate of drug-likeness (QED) is 0.466. The molecule has 2 amide bonds. The predicted molar refractivity (Wildman–Crippen MR) is 123 cm³/mol. The normalized spacial score (nSPS) is 13.0. The highest BCUT2D eigenvalue weighted by atomic mass is 32.1. The van der Waals surface area contributed by atoms with Crippen molar-refractivity contribution in [1.82, 2.24) is 15.6 Å². The van der Waals surface area contributed by atoms with Crippen LogP contribution in [0.2, 0.25) is 0 Å². The number of benzene rings is 2. The van der Waals surface area contributed by atoms with Gasteiger partial charge in [0.2, 0.25) is 5.91 Å². The third-order valence-electron chi connectivity index (χ3n) is 5.40. The van der Waals surface area contributed by atoms with Gasteiger partial charge < -0.3 is 20.5 Å². The first kappa shape index (κ1) is 22.5. The average Bonchev–Trinajstić information content (AvgIpc) is 3.39. The van der Waals surface area contributed by atoms with Crippen LogP contribution in [-0.2, 0) is 16.1 Å². The molecule has 1 aromatic heterocycles. The van der Waals surface area contributed by atoms with Crippen molar-refractivity contribution in [3.05, 3.63) is 75.7 Å². The minimum Gasteiger partial charge on any atom is -0.477 e. The summed E-state index contributed by atoms with van der Waals surface area (Å²) in [6.45, 7) is 2.05. The first-order chi connectivity index (χ1) is 15.9. The molecule has 0 saturated heterocycles. The molecule has 0 spiro atoms. The number of hydrogen-bond acceptors (Lipinski definition) is 6. The van der Waals surface area contributed by atoms with Gasteiger partial charge in [0.1, 0.15) is 16.5 Å². The first-order valence-electron chi connectivity index (χ1n) is 10.5. The van der Waals surface area contributed by atoms with Crippen molar-refractivity contribution in [2.24, 2.45) is 0 Å². The Kier molecular flexibility index (Phi) is 6.69. The topological polar surface area (TPSA) is 118 Å². The number of carboxylic acids is 1. The van der Waals surface area contributed by atoms with Crippen LogP contribution in [0.1, 0.15) is 45.1 Å². The summed E-state index contributed by atoms with van der Waals surface area (Å²) in [4.78, 5) is 39.5. The molecule has 0 saturated carbocycles. The van der Waals surface area contributed by atoms with Crippen molar-refractivity contribution in [3.63, 3.8) is 0 Å². The number of hydrogen-bond donors (Lipinski definition) is 3. The Labute approximate surface area is 194 Å². The number of ether oxygens (including phenoxy) is 1. The number of nitrogens with zero attached hydrogens (tertiary/aromatic N) is 1. The third-order valence-corrected chi connectivity index (χ3v) is 6.39. The zero-order chi connectivity index (χ0) is 23.4. The monoisotopic (exact) mass is 465 g/mol. The van der Waals surface area contributed by atoms with Crippen LogP contribution in [-0.4, -0.2) is 40.7 Å². The maximum atomic E-state index is 12.3. The van der Waals surface area contributed by atoms with E-state index in [1.165, 1.54) is 6.20 Å². The highest BCUT2D eigenvalue weighted by molar-refractivity contribution is 7.13. The largest absolute Gasteiger partial charge is 0.477 e. The lowest BCUT2D eigenvalue weighted by molar-refractivity contribution is -0.121. The molecule has 0 fully saturated rings. The zero-order valence-corrected chi connectivity index (χ0v) is 18.7. The van der Waals surface area contributed by atoms with E-state index < -0.39 is 18.1 Å². The Bertz CT molecular complexity index is 1150. The summed E-state index contributed by atoms with van der Waals surface area (Å²) in [7, 11) is 0. The second-order valence-corrected chi connectivity index (χ2v) is 8.89. The molecular formula is C24H23N3O5S. The van der Waals surface area contributed by atoms with Gasteiger partial charge in [-0.25, -0.2) is 14.6 Å². The molecule has 2 aromatic carbocycles. The number of aromatic carboxylic acids is 1. The fourth-order valence-electron chi connectivity index (χ4n) is 3.91. The highest BCUT2D eigenvalue weighted by Gasteiger charge is 2.29. The summed E-state index contributed by atoms with van der Waals surface area (Å²) in [6.07, 6.45) is 0.736. The van der Waals surface area contributed by atoms with E-state index in [2.05, 4.69) is 39.9 Å². The molecule has 170 valence electrons. The molecular weight excluding hydrogens is 442 g/mol. The molecule has 0 aliphatic heterocycles. The number of thiazole rings is 1. The Morgan fingerprint density at radius 1 is 1.09 bits per heavy atom. The van der Waals surface area contributed by atoms with Crippen LogP contribution >= 0.6 is 11.3 Å². The van der Waals surface area contributed by atoms with E-state index in [0.717, 1.165) is 33.6 Å². The SMILES string of the molecule is C[C@H](CC(=O)NCc1ncc(C(=O)O)s1)NC(=O)OCC1c2ccccc2-c2ccccc21. The number of aromatic nitrogens is 1. The molecule has 1 heterocycles. The minimum atomic E-state index is -1.05. The molecule has 8 nitrogen and oxygen atoms in total. The van der Waals surface area contributed by atoms with Crippen LogP contribution in [0.5, 0.6) is 0 Å². The summed E-state index contributed by atoms with van der Waals surface area (Å²) in [5.74, 6) is -1.37. The first-order valence-corrected chi connectivity index (χ1v) is 11.3. The zero-order valence-electron chi connectivity index (χ0n) is 17.9. The average molecular weight is 466 g/mol. The maximum absolute atomic E-state index is 12.3. The number of amides is 2. The Balaban J connectivity index is 1.25. The third kappa shape index (κ3) is 5.20. The van der Waals surface area contributed by atoms with E-state index in [1.807, 2.05) is 24.3 Å². The number of alkyl carbamates (subject to hydrolysis) is 1. The number of carbonyl (C=O) groups excluding carboxylic acids is 2. The van der Waals surface area contributed by atoms with Crippen molar-refractivity contribution in [1.29, 1.82) is 0 Å².